The molecule has 0 bridgehead atoms. The number of likely N-dealkylation sites (N-methyl/N-ethyl adjacent to an activating group) is 1. The molecule has 164 valence electrons. The van der Waals surface area contributed by atoms with E-state index in [1.807, 2.05) is 24.3 Å². The van der Waals surface area contributed by atoms with Gasteiger partial charge in [0.1, 0.15) is 18.9 Å². The lowest BCUT2D eigenvalue weighted by Gasteiger charge is -2.23. The molecule has 0 saturated heterocycles. The van der Waals surface area contributed by atoms with Crippen molar-refractivity contribution in [1.29, 1.82) is 0 Å². The van der Waals surface area contributed by atoms with Crippen LogP contribution in [0.3, 0.4) is 0 Å². The van der Waals surface area contributed by atoms with Gasteiger partial charge in [0.2, 0.25) is 5.91 Å². The average Bonchev–Trinajstić information content (AvgIpc) is 2.65. The third kappa shape index (κ3) is 13.7. The first-order valence-corrected chi connectivity index (χ1v) is 10.7. The molecule has 0 aromatic heterocycles. The average molecular weight is 408 g/mol. The van der Waals surface area contributed by atoms with Gasteiger partial charge >= 0.3 is 5.97 Å². The van der Waals surface area contributed by atoms with E-state index in [4.69, 9.17) is 9.47 Å². The fourth-order valence-electron chi connectivity index (χ4n) is 2.59. The van der Waals surface area contributed by atoms with Crippen LogP contribution in [0, 0.1) is 0 Å². The van der Waals surface area contributed by atoms with Gasteiger partial charge in [-0.3, -0.25) is 9.59 Å². The van der Waals surface area contributed by atoms with Crippen LogP contribution in [0.4, 0.5) is 0 Å². The van der Waals surface area contributed by atoms with Gasteiger partial charge in [0, 0.05) is 13.0 Å². The Morgan fingerprint density at radius 1 is 0.966 bits per heavy atom. The number of rotatable bonds is 15. The minimum Gasteiger partial charge on any atom is -0.494 e. The van der Waals surface area contributed by atoms with Gasteiger partial charge < -0.3 is 19.3 Å². The predicted molar refractivity (Wildman–Crippen MR) is 116 cm³/mol. The van der Waals surface area contributed by atoms with Gasteiger partial charge in [0.15, 0.2) is 0 Å². The van der Waals surface area contributed by atoms with Crippen molar-refractivity contribution in [2.45, 2.75) is 51.9 Å². The van der Waals surface area contributed by atoms with E-state index in [0.717, 1.165) is 61.1 Å². The van der Waals surface area contributed by atoms with Gasteiger partial charge in [0.05, 0.1) is 34.2 Å². The van der Waals surface area contributed by atoms with Crippen molar-refractivity contribution < 1.29 is 23.5 Å². The fourth-order valence-corrected chi connectivity index (χ4v) is 2.59. The van der Waals surface area contributed by atoms with Crippen molar-refractivity contribution in [3.63, 3.8) is 0 Å². The molecule has 0 radical (unpaired) electrons. The van der Waals surface area contributed by atoms with Gasteiger partial charge in [-0.1, -0.05) is 31.9 Å². The van der Waals surface area contributed by atoms with Crippen molar-refractivity contribution in [1.82, 2.24) is 5.32 Å². The Hall–Kier alpha value is -2.08. The Balaban J connectivity index is 2.07. The second-order valence-electron chi connectivity index (χ2n) is 8.42. The zero-order valence-electron chi connectivity index (χ0n) is 18.7. The van der Waals surface area contributed by atoms with E-state index < -0.39 is 0 Å². The van der Waals surface area contributed by atoms with Gasteiger partial charge in [-0.2, -0.15) is 0 Å². The smallest absolute Gasteiger partial charge is 0.305 e. The molecule has 1 aromatic rings. The molecule has 0 fully saturated rings. The number of hydrogen-bond donors (Lipinski definition) is 1. The van der Waals surface area contributed by atoms with Gasteiger partial charge in [-0.05, 0) is 37.0 Å². The summed E-state index contributed by atoms with van der Waals surface area (Å²) >= 11 is 0. The van der Waals surface area contributed by atoms with E-state index in [9.17, 15) is 9.59 Å². The third-order valence-corrected chi connectivity index (χ3v) is 4.46. The fraction of sp³-hybridized carbons (Fsp3) is 0.652. The zero-order valence-corrected chi connectivity index (χ0v) is 18.7. The number of esters is 1. The Labute approximate surface area is 176 Å². The van der Waals surface area contributed by atoms with Crippen molar-refractivity contribution in [3.8, 4) is 5.75 Å². The van der Waals surface area contributed by atoms with Crippen molar-refractivity contribution >= 4 is 11.9 Å². The van der Waals surface area contributed by atoms with Crippen LogP contribution in [-0.4, -0.2) is 63.8 Å². The van der Waals surface area contributed by atoms with E-state index in [0.29, 0.717) is 26.0 Å². The largest absolute Gasteiger partial charge is 0.494 e. The number of quaternary nitrogens is 1. The molecular weight excluding hydrogens is 368 g/mol. The highest BCUT2D eigenvalue weighted by molar-refractivity contribution is 5.78. The van der Waals surface area contributed by atoms with E-state index in [1.165, 1.54) is 0 Å². The number of benzene rings is 1. The topological polar surface area (TPSA) is 64.6 Å². The predicted octanol–water partition coefficient (Wildman–Crippen LogP) is 3.33. The molecule has 0 aliphatic heterocycles. The highest BCUT2D eigenvalue weighted by Gasteiger charge is 2.09. The molecule has 0 spiro atoms. The van der Waals surface area contributed by atoms with Gasteiger partial charge in [-0.15, -0.1) is 0 Å². The standard InChI is InChI=1S/C23H38N2O4/c1-5-6-17-28-21-13-11-20(12-14-21)19-22(26)24-15-9-7-8-10-23(27)29-18-16-25(2,3)4/h11-14H,5-10,15-19H2,1-4H3/p+1. The van der Waals surface area contributed by atoms with E-state index in [1.54, 1.807) is 0 Å². The monoisotopic (exact) mass is 407 g/mol. The maximum atomic E-state index is 12.0. The maximum absolute atomic E-state index is 12.0. The van der Waals surface area contributed by atoms with Crippen LogP contribution >= 0.6 is 0 Å². The molecule has 6 heteroatoms. The van der Waals surface area contributed by atoms with E-state index in [2.05, 4.69) is 33.4 Å². The van der Waals surface area contributed by atoms with Crippen LogP contribution in [0.15, 0.2) is 24.3 Å². The maximum Gasteiger partial charge on any atom is 0.305 e. The zero-order chi connectivity index (χ0) is 21.5. The second kappa shape index (κ2) is 14.0. The lowest BCUT2D eigenvalue weighted by atomic mass is 10.1. The Morgan fingerprint density at radius 2 is 1.69 bits per heavy atom. The summed E-state index contributed by atoms with van der Waals surface area (Å²) in [6.45, 7) is 4.77. The van der Waals surface area contributed by atoms with E-state index >= 15 is 0 Å². The minimum atomic E-state index is -0.135. The molecular formula is C23H39N2O4+. The summed E-state index contributed by atoms with van der Waals surface area (Å²) in [5, 5.41) is 2.94. The molecule has 1 N–H and O–H groups in total. The number of nitrogens with one attached hydrogen (secondary N) is 1. The summed E-state index contributed by atoms with van der Waals surface area (Å²) in [5.74, 6) is 0.729. The molecule has 1 aromatic carbocycles. The highest BCUT2D eigenvalue weighted by atomic mass is 16.5. The lowest BCUT2D eigenvalue weighted by molar-refractivity contribution is -0.870. The molecule has 0 heterocycles. The molecule has 0 atom stereocenters. The molecule has 0 saturated carbocycles. The first-order valence-electron chi connectivity index (χ1n) is 10.7. The van der Waals surface area contributed by atoms with Crippen molar-refractivity contribution in [2.75, 3.05) is 47.4 Å². The summed E-state index contributed by atoms with van der Waals surface area (Å²) in [7, 11) is 6.21. The first kappa shape index (κ1) is 25.0. The summed E-state index contributed by atoms with van der Waals surface area (Å²) in [5.41, 5.74) is 0.974. The summed E-state index contributed by atoms with van der Waals surface area (Å²) < 4.78 is 11.6. The van der Waals surface area contributed by atoms with Crippen LogP contribution in [0.5, 0.6) is 5.75 Å². The molecule has 0 aliphatic carbocycles. The number of carbonyl (C=O) groups is 2. The number of nitrogens with zero attached hydrogens (tertiary/aromatic N) is 1. The van der Waals surface area contributed by atoms with Crippen LogP contribution in [-0.2, 0) is 20.7 Å². The lowest BCUT2D eigenvalue weighted by Crippen LogP contribution is -2.38. The number of amides is 1. The van der Waals surface area contributed by atoms with Crippen LogP contribution in [0.25, 0.3) is 0 Å². The number of unbranched alkanes of at least 4 members (excludes halogenated alkanes) is 3. The summed E-state index contributed by atoms with van der Waals surface area (Å²) in [6.07, 6.45) is 5.52. The normalized spacial score (nSPS) is 11.2. The van der Waals surface area contributed by atoms with Gasteiger partial charge in [0.25, 0.3) is 0 Å². The van der Waals surface area contributed by atoms with Crippen LogP contribution in [0.1, 0.15) is 51.0 Å². The minimum absolute atomic E-state index is 0.0179. The van der Waals surface area contributed by atoms with Gasteiger partial charge in [-0.25, -0.2) is 0 Å². The second-order valence-corrected chi connectivity index (χ2v) is 8.42. The van der Waals surface area contributed by atoms with Crippen molar-refractivity contribution in [2.24, 2.45) is 0 Å². The molecule has 1 amide bonds. The Kier molecular flexibility index (Phi) is 12.0. The van der Waals surface area contributed by atoms with Crippen LogP contribution in [0.2, 0.25) is 0 Å². The van der Waals surface area contributed by atoms with E-state index in [-0.39, 0.29) is 11.9 Å². The SMILES string of the molecule is CCCCOc1ccc(CC(=O)NCCCCCC(=O)OCC[N+](C)(C)C)cc1. The first-order chi connectivity index (χ1) is 13.8. The number of ether oxygens (including phenoxy) is 2. The molecule has 0 unspecified atom stereocenters. The molecule has 0 aliphatic rings. The quantitative estimate of drug-likeness (QED) is 0.275. The molecule has 1 rings (SSSR count). The molecule has 29 heavy (non-hydrogen) atoms. The summed E-state index contributed by atoms with van der Waals surface area (Å²) in [6, 6.07) is 7.70. The highest BCUT2D eigenvalue weighted by Crippen LogP contribution is 2.13. The number of carbonyl (C=O) groups excluding carboxylic acids is 2. The Morgan fingerprint density at radius 3 is 2.34 bits per heavy atom. The summed E-state index contributed by atoms with van der Waals surface area (Å²) in [4.78, 5) is 23.7. The van der Waals surface area contributed by atoms with Crippen molar-refractivity contribution in [3.05, 3.63) is 29.8 Å². The van der Waals surface area contributed by atoms with Crippen LogP contribution < -0.4 is 10.1 Å². The third-order valence-electron chi connectivity index (χ3n) is 4.46. The Bertz CT molecular complexity index is 594. The molecule has 6 nitrogen and oxygen atoms in total. The number of hydrogen-bond acceptors (Lipinski definition) is 4.